The molecule has 92 valence electrons. The number of hydrogen-bond acceptors (Lipinski definition) is 2. The third-order valence-electron chi connectivity index (χ3n) is 5.18. The van der Waals surface area contributed by atoms with E-state index < -0.39 is 0 Å². The summed E-state index contributed by atoms with van der Waals surface area (Å²) in [5.74, 6) is 5.64. The predicted molar refractivity (Wildman–Crippen MR) is 67.3 cm³/mol. The van der Waals surface area contributed by atoms with E-state index in [0.29, 0.717) is 0 Å². The molecule has 0 spiro atoms. The maximum absolute atomic E-state index is 3.64. The maximum atomic E-state index is 3.64. The summed E-state index contributed by atoms with van der Waals surface area (Å²) in [5, 5.41) is 7.09. The molecule has 0 aromatic rings. The van der Waals surface area contributed by atoms with Crippen LogP contribution in [0.3, 0.4) is 0 Å². The average Bonchev–Trinajstić information content (AvgIpc) is 2.71. The lowest BCUT2D eigenvalue weighted by Crippen LogP contribution is -2.29. The first-order chi connectivity index (χ1) is 7.92. The third kappa shape index (κ3) is 1.91. The molecule has 0 heterocycles. The van der Waals surface area contributed by atoms with E-state index in [-0.39, 0.29) is 0 Å². The van der Waals surface area contributed by atoms with Crippen molar-refractivity contribution in [2.24, 2.45) is 29.6 Å². The summed E-state index contributed by atoms with van der Waals surface area (Å²) < 4.78 is 0. The minimum Gasteiger partial charge on any atom is -0.315 e. The quantitative estimate of drug-likeness (QED) is 0.643. The van der Waals surface area contributed by atoms with Gasteiger partial charge in [0.1, 0.15) is 0 Å². The molecule has 4 atom stereocenters. The summed E-state index contributed by atoms with van der Waals surface area (Å²) in [7, 11) is 0. The molecule has 3 fully saturated rings. The fraction of sp³-hybridized carbons (Fsp3) is 1.00. The lowest BCUT2D eigenvalue weighted by atomic mass is 10.0. The summed E-state index contributed by atoms with van der Waals surface area (Å²) in [5.41, 5.74) is 0. The minimum atomic E-state index is 1.07. The van der Waals surface area contributed by atoms with Gasteiger partial charge < -0.3 is 10.6 Å². The van der Waals surface area contributed by atoms with Gasteiger partial charge in [-0.1, -0.05) is 6.92 Å². The van der Waals surface area contributed by atoms with Crippen LogP contribution < -0.4 is 10.6 Å². The molecule has 0 aliphatic heterocycles. The smallest absolute Gasteiger partial charge is 0.00768 e. The van der Waals surface area contributed by atoms with Gasteiger partial charge in [0, 0.05) is 13.1 Å². The SMILES string of the molecule is CCCNCCNCC1C2C3CCC(C3)C12. The Kier molecular flexibility index (Phi) is 3.21. The fourth-order valence-electron chi connectivity index (χ4n) is 4.53. The van der Waals surface area contributed by atoms with E-state index in [1.807, 2.05) is 0 Å². The Balaban J connectivity index is 1.28. The van der Waals surface area contributed by atoms with Gasteiger partial charge >= 0.3 is 0 Å². The van der Waals surface area contributed by atoms with Crippen molar-refractivity contribution in [1.82, 2.24) is 10.6 Å². The third-order valence-corrected chi connectivity index (χ3v) is 5.18. The van der Waals surface area contributed by atoms with Gasteiger partial charge in [0.05, 0.1) is 0 Å². The maximum Gasteiger partial charge on any atom is 0.00768 e. The van der Waals surface area contributed by atoms with Gasteiger partial charge in [0.15, 0.2) is 0 Å². The lowest BCUT2D eigenvalue weighted by molar-refractivity contribution is 0.442. The number of fused-ring (bicyclic) bond motifs is 5. The predicted octanol–water partition coefficient (Wildman–Crippen LogP) is 1.87. The monoisotopic (exact) mass is 222 g/mol. The van der Waals surface area contributed by atoms with Crippen molar-refractivity contribution in [1.29, 1.82) is 0 Å². The zero-order valence-corrected chi connectivity index (χ0v) is 10.5. The van der Waals surface area contributed by atoms with Crippen molar-refractivity contribution in [2.45, 2.75) is 32.6 Å². The van der Waals surface area contributed by atoms with Gasteiger partial charge in [-0.05, 0) is 68.4 Å². The summed E-state index contributed by atoms with van der Waals surface area (Å²) in [4.78, 5) is 0. The molecule has 4 unspecified atom stereocenters. The first-order valence-electron chi connectivity index (χ1n) is 7.33. The summed E-state index contributed by atoms with van der Waals surface area (Å²) >= 11 is 0. The van der Waals surface area contributed by atoms with Crippen LogP contribution >= 0.6 is 0 Å². The Morgan fingerprint density at radius 1 is 0.938 bits per heavy atom. The van der Waals surface area contributed by atoms with Gasteiger partial charge in [-0.25, -0.2) is 0 Å². The Hall–Kier alpha value is -0.0800. The van der Waals surface area contributed by atoms with E-state index in [9.17, 15) is 0 Å². The molecule has 0 aromatic carbocycles. The fourth-order valence-corrected chi connectivity index (χ4v) is 4.53. The molecule has 0 aromatic heterocycles. The van der Waals surface area contributed by atoms with Crippen LogP contribution in [0.4, 0.5) is 0 Å². The lowest BCUT2D eigenvalue weighted by Gasteiger charge is -2.09. The number of rotatable bonds is 7. The van der Waals surface area contributed by atoms with E-state index in [4.69, 9.17) is 0 Å². The zero-order valence-electron chi connectivity index (χ0n) is 10.5. The minimum absolute atomic E-state index is 1.07. The van der Waals surface area contributed by atoms with Crippen LogP contribution in [0.5, 0.6) is 0 Å². The van der Waals surface area contributed by atoms with Gasteiger partial charge in [0.25, 0.3) is 0 Å². The van der Waals surface area contributed by atoms with Crippen molar-refractivity contribution in [3.63, 3.8) is 0 Å². The summed E-state index contributed by atoms with van der Waals surface area (Å²) in [6.07, 6.45) is 5.95. The van der Waals surface area contributed by atoms with E-state index in [1.54, 1.807) is 19.3 Å². The van der Waals surface area contributed by atoms with E-state index >= 15 is 0 Å². The first kappa shape index (κ1) is 11.0. The van der Waals surface area contributed by atoms with Gasteiger partial charge in [0.2, 0.25) is 0 Å². The zero-order chi connectivity index (χ0) is 11.0. The molecule has 0 radical (unpaired) electrons. The Morgan fingerprint density at radius 3 is 2.31 bits per heavy atom. The van der Waals surface area contributed by atoms with Crippen molar-refractivity contribution in [3.05, 3.63) is 0 Å². The van der Waals surface area contributed by atoms with Crippen LogP contribution in [0.1, 0.15) is 32.6 Å². The van der Waals surface area contributed by atoms with Gasteiger partial charge in [-0.3, -0.25) is 0 Å². The van der Waals surface area contributed by atoms with Crippen LogP contribution in [0.25, 0.3) is 0 Å². The van der Waals surface area contributed by atoms with E-state index in [0.717, 1.165) is 42.7 Å². The highest BCUT2D eigenvalue weighted by Gasteiger charge is 2.64. The second-order valence-electron chi connectivity index (χ2n) is 6.11. The highest BCUT2D eigenvalue weighted by Crippen LogP contribution is 2.69. The largest absolute Gasteiger partial charge is 0.315 e. The molecule has 2 bridgehead atoms. The highest BCUT2D eigenvalue weighted by molar-refractivity contribution is 5.13. The molecule has 2 nitrogen and oxygen atoms in total. The van der Waals surface area contributed by atoms with Crippen LogP contribution in [0.2, 0.25) is 0 Å². The molecule has 3 aliphatic carbocycles. The van der Waals surface area contributed by atoms with E-state index in [1.165, 1.54) is 19.5 Å². The molecule has 16 heavy (non-hydrogen) atoms. The summed E-state index contributed by atoms with van der Waals surface area (Å²) in [6.45, 7) is 6.99. The number of nitrogens with one attached hydrogen (secondary N) is 2. The second-order valence-corrected chi connectivity index (χ2v) is 6.11. The molecule has 2 N–H and O–H groups in total. The van der Waals surface area contributed by atoms with Crippen molar-refractivity contribution in [2.75, 3.05) is 26.2 Å². The van der Waals surface area contributed by atoms with Crippen LogP contribution in [0, 0.1) is 29.6 Å². The van der Waals surface area contributed by atoms with Crippen LogP contribution in [-0.4, -0.2) is 26.2 Å². The van der Waals surface area contributed by atoms with Gasteiger partial charge in [-0.15, -0.1) is 0 Å². The first-order valence-corrected chi connectivity index (χ1v) is 7.33. The van der Waals surface area contributed by atoms with Gasteiger partial charge in [-0.2, -0.15) is 0 Å². The molecule has 3 rings (SSSR count). The summed E-state index contributed by atoms with van der Waals surface area (Å²) in [6, 6.07) is 0. The van der Waals surface area contributed by atoms with E-state index in [2.05, 4.69) is 17.6 Å². The molecule has 0 amide bonds. The standard InChI is InChI=1S/C14H26N2/c1-2-5-15-6-7-16-9-12-13-10-3-4-11(8-10)14(12)13/h10-16H,2-9H2,1H3. The molecule has 0 saturated heterocycles. The van der Waals surface area contributed by atoms with Crippen molar-refractivity contribution < 1.29 is 0 Å². The Labute approximate surface area is 99.6 Å². The highest BCUT2D eigenvalue weighted by atomic mass is 15.0. The van der Waals surface area contributed by atoms with Crippen molar-refractivity contribution in [3.8, 4) is 0 Å². The molecule has 3 aliphatic rings. The topological polar surface area (TPSA) is 24.1 Å². The average molecular weight is 222 g/mol. The van der Waals surface area contributed by atoms with Crippen molar-refractivity contribution >= 4 is 0 Å². The van der Waals surface area contributed by atoms with Crippen LogP contribution in [0.15, 0.2) is 0 Å². The Bertz CT molecular complexity index is 225. The molecular weight excluding hydrogens is 196 g/mol. The normalized spacial score (nSPS) is 43.7. The molecule has 2 heteroatoms. The number of hydrogen-bond donors (Lipinski definition) is 2. The Morgan fingerprint density at radius 2 is 1.62 bits per heavy atom. The molecule has 3 saturated carbocycles. The second kappa shape index (κ2) is 4.66. The molecular formula is C14H26N2. The van der Waals surface area contributed by atoms with Crippen LogP contribution in [-0.2, 0) is 0 Å².